The molecule has 0 spiro atoms. The summed E-state index contributed by atoms with van der Waals surface area (Å²) >= 11 is 5.89. The van der Waals surface area contributed by atoms with Crippen molar-refractivity contribution in [2.75, 3.05) is 6.61 Å². The van der Waals surface area contributed by atoms with Gasteiger partial charge in [-0.15, -0.1) is 0 Å². The second-order valence-corrected chi connectivity index (χ2v) is 4.80. The van der Waals surface area contributed by atoms with Crippen molar-refractivity contribution in [1.82, 2.24) is 5.32 Å². The lowest BCUT2D eigenvalue weighted by Crippen LogP contribution is -2.34. The fourth-order valence-electron chi connectivity index (χ4n) is 1.68. The summed E-state index contributed by atoms with van der Waals surface area (Å²) < 4.78 is 0. The zero-order valence-corrected chi connectivity index (χ0v) is 9.64. The molecule has 1 aliphatic rings. The molecular weight excluding hydrogens is 210 g/mol. The highest BCUT2D eigenvalue weighted by molar-refractivity contribution is 6.30. The Kier molecular flexibility index (Phi) is 3.01. The summed E-state index contributed by atoms with van der Waals surface area (Å²) in [6.45, 7) is 3.10. The van der Waals surface area contributed by atoms with E-state index >= 15 is 0 Å². The van der Waals surface area contributed by atoms with Gasteiger partial charge in [0.1, 0.15) is 0 Å². The fourth-order valence-corrected chi connectivity index (χ4v) is 1.91. The van der Waals surface area contributed by atoms with E-state index in [1.807, 2.05) is 18.2 Å². The molecule has 0 heterocycles. The van der Waals surface area contributed by atoms with Gasteiger partial charge >= 0.3 is 0 Å². The minimum absolute atomic E-state index is 0.00603. The van der Waals surface area contributed by atoms with Gasteiger partial charge in [0.2, 0.25) is 0 Å². The Morgan fingerprint density at radius 1 is 1.47 bits per heavy atom. The molecule has 3 heteroatoms. The number of aliphatic hydroxyl groups excluding tert-OH is 1. The Labute approximate surface area is 95.3 Å². The van der Waals surface area contributed by atoms with E-state index in [0.29, 0.717) is 0 Å². The summed E-state index contributed by atoms with van der Waals surface area (Å²) in [5.41, 5.74) is 2.45. The van der Waals surface area contributed by atoms with Crippen molar-refractivity contribution >= 4 is 11.6 Å². The van der Waals surface area contributed by atoms with Gasteiger partial charge in [-0.2, -0.15) is 0 Å². The minimum Gasteiger partial charge on any atom is -0.394 e. The van der Waals surface area contributed by atoms with Crippen molar-refractivity contribution in [1.29, 1.82) is 0 Å². The molecule has 1 saturated carbocycles. The maximum Gasteiger partial charge on any atom is 0.0613 e. The van der Waals surface area contributed by atoms with E-state index in [0.717, 1.165) is 24.4 Å². The predicted octanol–water partition coefficient (Wildman–Crippen LogP) is 2.26. The molecule has 82 valence electrons. The SMILES string of the molecule is Cc1cc(Cl)ccc1CNC1(CO)CC1. The minimum atomic E-state index is 0.00603. The molecule has 1 fully saturated rings. The molecule has 0 unspecified atom stereocenters. The van der Waals surface area contributed by atoms with Crippen molar-refractivity contribution in [3.63, 3.8) is 0 Å². The second-order valence-electron chi connectivity index (χ2n) is 4.36. The van der Waals surface area contributed by atoms with Gasteiger partial charge in [-0.05, 0) is 43.0 Å². The smallest absolute Gasteiger partial charge is 0.0613 e. The van der Waals surface area contributed by atoms with Crippen molar-refractivity contribution in [3.8, 4) is 0 Å². The van der Waals surface area contributed by atoms with Crippen LogP contribution in [0.1, 0.15) is 24.0 Å². The normalized spacial score (nSPS) is 17.8. The average Bonchev–Trinajstić information content (AvgIpc) is 2.97. The first-order valence-electron chi connectivity index (χ1n) is 5.26. The van der Waals surface area contributed by atoms with Gasteiger partial charge < -0.3 is 10.4 Å². The van der Waals surface area contributed by atoms with Gasteiger partial charge in [-0.3, -0.25) is 0 Å². The van der Waals surface area contributed by atoms with E-state index < -0.39 is 0 Å². The summed E-state index contributed by atoms with van der Waals surface area (Å²) in [5, 5.41) is 13.3. The van der Waals surface area contributed by atoms with Crippen LogP contribution in [-0.4, -0.2) is 17.3 Å². The Bertz CT molecular complexity index is 361. The summed E-state index contributed by atoms with van der Waals surface area (Å²) in [7, 11) is 0. The van der Waals surface area contributed by atoms with Crippen LogP contribution in [0.5, 0.6) is 0 Å². The van der Waals surface area contributed by atoms with Gasteiger partial charge in [0.05, 0.1) is 6.61 Å². The number of nitrogens with one attached hydrogen (secondary N) is 1. The summed E-state index contributed by atoms with van der Waals surface area (Å²) in [5.74, 6) is 0. The summed E-state index contributed by atoms with van der Waals surface area (Å²) in [6, 6.07) is 5.92. The van der Waals surface area contributed by atoms with Crippen molar-refractivity contribution < 1.29 is 5.11 Å². The first-order valence-corrected chi connectivity index (χ1v) is 5.64. The Balaban J connectivity index is 1.99. The van der Waals surface area contributed by atoms with E-state index in [1.165, 1.54) is 11.1 Å². The molecule has 1 aliphatic carbocycles. The molecule has 2 N–H and O–H groups in total. The number of benzene rings is 1. The number of hydrogen-bond acceptors (Lipinski definition) is 2. The van der Waals surface area contributed by atoms with Crippen LogP contribution in [-0.2, 0) is 6.54 Å². The van der Waals surface area contributed by atoms with Gasteiger partial charge in [-0.1, -0.05) is 17.7 Å². The van der Waals surface area contributed by atoms with E-state index in [9.17, 15) is 0 Å². The summed E-state index contributed by atoms with van der Waals surface area (Å²) in [4.78, 5) is 0. The quantitative estimate of drug-likeness (QED) is 0.824. The third kappa shape index (κ3) is 2.51. The molecule has 1 aromatic carbocycles. The van der Waals surface area contributed by atoms with Crippen LogP contribution in [0.15, 0.2) is 18.2 Å². The van der Waals surface area contributed by atoms with E-state index in [4.69, 9.17) is 16.7 Å². The van der Waals surface area contributed by atoms with Crippen LogP contribution in [0, 0.1) is 6.92 Å². The zero-order chi connectivity index (χ0) is 10.9. The van der Waals surface area contributed by atoms with Gasteiger partial charge in [0, 0.05) is 17.1 Å². The van der Waals surface area contributed by atoms with Crippen molar-refractivity contribution in [3.05, 3.63) is 34.3 Å². The van der Waals surface area contributed by atoms with Crippen LogP contribution in [0.25, 0.3) is 0 Å². The van der Waals surface area contributed by atoms with Crippen molar-refractivity contribution in [2.45, 2.75) is 31.8 Å². The third-order valence-electron chi connectivity index (χ3n) is 3.11. The molecule has 1 aromatic rings. The number of aliphatic hydroxyl groups is 1. The molecule has 0 aromatic heterocycles. The van der Waals surface area contributed by atoms with E-state index in [1.54, 1.807) is 0 Å². The third-order valence-corrected chi connectivity index (χ3v) is 3.35. The standard InChI is InChI=1S/C12H16ClNO/c1-9-6-11(13)3-2-10(9)7-14-12(8-15)4-5-12/h2-3,6,14-15H,4-5,7-8H2,1H3. The summed E-state index contributed by atoms with van der Waals surface area (Å²) in [6.07, 6.45) is 2.16. The van der Waals surface area contributed by atoms with E-state index in [-0.39, 0.29) is 12.1 Å². The number of hydrogen-bond donors (Lipinski definition) is 2. The maximum atomic E-state index is 9.16. The zero-order valence-electron chi connectivity index (χ0n) is 8.89. The molecule has 0 amide bonds. The van der Waals surface area contributed by atoms with Crippen LogP contribution >= 0.6 is 11.6 Å². The van der Waals surface area contributed by atoms with Crippen LogP contribution in [0.4, 0.5) is 0 Å². The van der Waals surface area contributed by atoms with Gasteiger partial charge in [0.15, 0.2) is 0 Å². The highest BCUT2D eigenvalue weighted by Crippen LogP contribution is 2.34. The second kappa shape index (κ2) is 4.12. The first kappa shape index (κ1) is 10.9. The van der Waals surface area contributed by atoms with Crippen LogP contribution in [0.3, 0.4) is 0 Å². The van der Waals surface area contributed by atoms with Crippen LogP contribution in [0.2, 0.25) is 5.02 Å². The molecule has 0 atom stereocenters. The number of aryl methyl sites for hydroxylation is 1. The maximum absolute atomic E-state index is 9.16. The fraction of sp³-hybridized carbons (Fsp3) is 0.500. The molecule has 0 radical (unpaired) electrons. The van der Waals surface area contributed by atoms with E-state index in [2.05, 4.69) is 12.2 Å². The van der Waals surface area contributed by atoms with Gasteiger partial charge in [-0.25, -0.2) is 0 Å². The molecule has 2 rings (SSSR count). The Hall–Kier alpha value is -0.570. The lowest BCUT2D eigenvalue weighted by molar-refractivity contribution is 0.229. The number of halogens is 1. The molecular formula is C12H16ClNO. The largest absolute Gasteiger partial charge is 0.394 e. The molecule has 2 nitrogen and oxygen atoms in total. The monoisotopic (exact) mass is 225 g/mol. The Morgan fingerprint density at radius 2 is 2.20 bits per heavy atom. The Morgan fingerprint density at radius 3 is 2.73 bits per heavy atom. The van der Waals surface area contributed by atoms with Crippen LogP contribution < -0.4 is 5.32 Å². The average molecular weight is 226 g/mol. The molecule has 0 bridgehead atoms. The van der Waals surface area contributed by atoms with Crippen molar-refractivity contribution in [2.24, 2.45) is 0 Å². The van der Waals surface area contributed by atoms with Gasteiger partial charge in [0.25, 0.3) is 0 Å². The first-order chi connectivity index (χ1) is 7.15. The lowest BCUT2D eigenvalue weighted by Gasteiger charge is -2.15. The molecule has 15 heavy (non-hydrogen) atoms. The topological polar surface area (TPSA) is 32.3 Å². The number of rotatable bonds is 4. The predicted molar refractivity (Wildman–Crippen MR) is 62.1 cm³/mol. The highest BCUT2D eigenvalue weighted by atomic mass is 35.5. The highest BCUT2D eigenvalue weighted by Gasteiger charge is 2.41. The molecule has 0 saturated heterocycles. The lowest BCUT2D eigenvalue weighted by atomic mass is 10.1. The molecule has 0 aliphatic heterocycles.